The minimum absolute atomic E-state index is 0.218. The lowest BCUT2D eigenvalue weighted by molar-refractivity contribution is -0.129. The van der Waals surface area contributed by atoms with Crippen molar-refractivity contribution in [2.45, 2.75) is 50.5 Å². The Hall–Kier alpha value is -2.21. The number of amides is 1. The number of thioether (sulfide) groups is 1. The van der Waals surface area contributed by atoms with E-state index in [4.69, 9.17) is 4.74 Å². The minimum atomic E-state index is -1.03. The highest BCUT2D eigenvalue weighted by Gasteiger charge is 2.38. The summed E-state index contributed by atoms with van der Waals surface area (Å²) in [7, 11) is 1.70. The summed E-state index contributed by atoms with van der Waals surface area (Å²) in [6.07, 6.45) is 7.00. The van der Waals surface area contributed by atoms with Gasteiger partial charge in [-0.2, -0.15) is 0 Å². The number of rotatable bonds is 5. The lowest BCUT2D eigenvalue weighted by Crippen LogP contribution is -2.47. The highest BCUT2D eigenvalue weighted by Crippen LogP contribution is 2.42. The molecule has 0 fully saturated rings. The number of aromatic nitrogens is 1. The fourth-order valence-electron chi connectivity index (χ4n) is 3.21. The molecule has 0 unspecified atom stereocenters. The molecule has 1 N–H and O–H groups in total. The Bertz CT molecular complexity index is 947. The van der Waals surface area contributed by atoms with Crippen molar-refractivity contribution >= 4 is 23.4 Å². The largest absolute Gasteiger partial charge is 0.475 e. The Labute approximate surface area is 164 Å². The maximum atomic E-state index is 12.6. The van der Waals surface area contributed by atoms with Gasteiger partial charge in [-0.3, -0.25) is 9.59 Å². The standard InChI is InChI=1S/C21H26N2O3S/c1-6-7-8-13-9-10-14(27-5)11-15(13)16-12-23(4)19(24)17-18(16)26-21(2,3)20(25)22-17/h9-12H,6-8H2,1-5H3,(H,22,25). The summed E-state index contributed by atoms with van der Waals surface area (Å²) in [5, 5.41) is 2.76. The molecular weight excluding hydrogens is 360 g/mol. The maximum Gasteiger partial charge on any atom is 0.277 e. The zero-order valence-electron chi connectivity index (χ0n) is 16.5. The van der Waals surface area contributed by atoms with E-state index in [1.807, 2.05) is 12.5 Å². The molecule has 1 aliphatic heterocycles. The third-order valence-electron chi connectivity index (χ3n) is 4.88. The first-order valence-electron chi connectivity index (χ1n) is 9.20. The molecule has 0 radical (unpaired) electrons. The number of hydrogen-bond acceptors (Lipinski definition) is 4. The third-order valence-corrected chi connectivity index (χ3v) is 5.60. The number of aryl methyl sites for hydroxylation is 2. The fraction of sp³-hybridized carbons (Fsp3) is 0.429. The lowest BCUT2D eigenvalue weighted by atomic mass is 9.95. The van der Waals surface area contributed by atoms with Crippen LogP contribution < -0.4 is 15.6 Å². The van der Waals surface area contributed by atoms with Crippen molar-refractivity contribution < 1.29 is 9.53 Å². The van der Waals surface area contributed by atoms with Crippen LogP contribution in [0.2, 0.25) is 0 Å². The van der Waals surface area contributed by atoms with Crippen LogP contribution in [-0.4, -0.2) is 22.3 Å². The van der Waals surface area contributed by atoms with Crippen LogP contribution in [0.4, 0.5) is 5.69 Å². The zero-order chi connectivity index (χ0) is 19.8. The van der Waals surface area contributed by atoms with E-state index in [-0.39, 0.29) is 17.2 Å². The Morgan fingerprint density at radius 3 is 2.63 bits per heavy atom. The molecule has 0 saturated carbocycles. The molecule has 2 heterocycles. The van der Waals surface area contributed by atoms with E-state index in [1.54, 1.807) is 32.7 Å². The third kappa shape index (κ3) is 3.63. The molecule has 0 bridgehead atoms. The first kappa shape index (κ1) is 19.5. The van der Waals surface area contributed by atoms with E-state index < -0.39 is 5.60 Å². The molecule has 1 amide bonds. The van der Waals surface area contributed by atoms with Gasteiger partial charge in [0.05, 0.1) is 0 Å². The van der Waals surface area contributed by atoms with Gasteiger partial charge in [-0.25, -0.2) is 0 Å². The van der Waals surface area contributed by atoms with Crippen LogP contribution in [0.1, 0.15) is 39.2 Å². The van der Waals surface area contributed by atoms with Gasteiger partial charge >= 0.3 is 0 Å². The van der Waals surface area contributed by atoms with E-state index in [9.17, 15) is 9.59 Å². The lowest BCUT2D eigenvalue weighted by Gasteiger charge is -2.33. The normalized spacial score (nSPS) is 15.1. The van der Waals surface area contributed by atoms with E-state index in [2.05, 4.69) is 30.4 Å². The van der Waals surface area contributed by atoms with Gasteiger partial charge in [0.2, 0.25) is 0 Å². The first-order chi connectivity index (χ1) is 12.8. The number of carbonyl (C=O) groups is 1. The number of unbranched alkanes of at least 4 members (excludes halogenated alkanes) is 1. The molecule has 27 heavy (non-hydrogen) atoms. The summed E-state index contributed by atoms with van der Waals surface area (Å²) < 4.78 is 7.56. The topological polar surface area (TPSA) is 60.3 Å². The molecule has 0 saturated heterocycles. The number of anilines is 1. The fourth-order valence-corrected chi connectivity index (χ4v) is 3.65. The van der Waals surface area contributed by atoms with Crippen LogP contribution in [-0.2, 0) is 18.3 Å². The molecule has 1 aliphatic rings. The smallest absolute Gasteiger partial charge is 0.277 e. The number of pyridine rings is 1. The number of fused-ring (bicyclic) bond motifs is 1. The SMILES string of the molecule is CCCCc1ccc(SC)cc1-c1cn(C)c(=O)c2c1OC(C)(C)C(=O)N2. The van der Waals surface area contributed by atoms with Crippen LogP contribution >= 0.6 is 11.8 Å². The molecule has 2 aromatic rings. The average Bonchev–Trinajstić information content (AvgIpc) is 2.64. The second kappa shape index (κ2) is 7.43. The summed E-state index contributed by atoms with van der Waals surface area (Å²) in [6, 6.07) is 6.42. The summed E-state index contributed by atoms with van der Waals surface area (Å²) >= 11 is 1.68. The van der Waals surface area contributed by atoms with Crippen molar-refractivity contribution in [3.63, 3.8) is 0 Å². The van der Waals surface area contributed by atoms with Gasteiger partial charge in [-0.05, 0) is 56.2 Å². The van der Waals surface area contributed by atoms with Gasteiger partial charge < -0.3 is 14.6 Å². The molecule has 1 aromatic carbocycles. The van der Waals surface area contributed by atoms with Gasteiger partial charge in [-0.15, -0.1) is 11.8 Å². The summed E-state index contributed by atoms with van der Waals surface area (Å²) in [5.74, 6) is 0.145. The van der Waals surface area contributed by atoms with Crippen molar-refractivity contribution in [2.24, 2.45) is 7.05 Å². The van der Waals surface area contributed by atoms with Gasteiger partial charge in [0, 0.05) is 23.7 Å². The van der Waals surface area contributed by atoms with E-state index in [0.29, 0.717) is 5.75 Å². The Balaban J connectivity index is 2.27. The second-order valence-electron chi connectivity index (χ2n) is 7.36. The van der Waals surface area contributed by atoms with Crippen LogP contribution in [0.3, 0.4) is 0 Å². The molecule has 0 aliphatic carbocycles. The summed E-state index contributed by atoms with van der Waals surface area (Å²) in [6.45, 7) is 5.59. The number of nitrogens with one attached hydrogen (secondary N) is 1. The zero-order valence-corrected chi connectivity index (χ0v) is 17.3. The molecule has 1 aromatic heterocycles. The molecular formula is C21H26N2O3S. The van der Waals surface area contributed by atoms with E-state index >= 15 is 0 Å². The van der Waals surface area contributed by atoms with E-state index in [0.717, 1.165) is 35.3 Å². The maximum absolute atomic E-state index is 12.6. The highest BCUT2D eigenvalue weighted by molar-refractivity contribution is 7.98. The predicted molar refractivity (Wildman–Crippen MR) is 111 cm³/mol. The van der Waals surface area contributed by atoms with Gasteiger partial charge in [0.15, 0.2) is 17.0 Å². The molecule has 3 rings (SSSR count). The number of hydrogen-bond donors (Lipinski definition) is 1. The van der Waals surface area contributed by atoms with Crippen molar-refractivity contribution in [2.75, 3.05) is 11.6 Å². The van der Waals surface area contributed by atoms with Crippen LogP contribution in [0.5, 0.6) is 5.75 Å². The quantitative estimate of drug-likeness (QED) is 0.782. The number of benzene rings is 1. The van der Waals surface area contributed by atoms with Gasteiger partial charge in [-0.1, -0.05) is 19.4 Å². The second-order valence-corrected chi connectivity index (χ2v) is 8.24. The first-order valence-corrected chi connectivity index (χ1v) is 10.4. The van der Waals surface area contributed by atoms with Crippen LogP contribution in [0.25, 0.3) is 11.1 Å². The Morgan fingerprint density at radius 1 is 1.22 bits per heavy atom. The van der Waals surface area contributed by atoms with Crippen molar-refractivity contribution in [1.82, 2.24) is 4.57 Å². The van der Waals surface area contributed by atoms with Crippen molar-refractivity contribution in [3.05, 3.63) is 40.3 Å². The van der Waals surface area contributed by atoms with E-state index in [1.165, 1.54) is 10.1 Å². The molecule has 144 valence electrons. The molecule has 5 nitrogen and oxygen atoms in total. The average molecular weight is 387 g/mol. The van der Waals surface area contributed by atoms with Crippen molar-refractivity contribution in [3.8, 4) is 16.9 Å². The summed E-state index contributed by atoms with van der Waals surface area (Å²) in [5.41, 5.74) is 2.02. The highest BCUT2D eigenvalue weighted by atomic mass is 32.2. The monoisotopic (exact) mass is 386 g/mol. The van der Waals surface area contributed by atoms with Crippen LogP contribution in [0, 0.1) is 0 Å². The molecule has 6 heteroatoms. The van der Waals surface area contributed by atoms with Gasteiger partial charge in [0.1, 0.15) is 0 Å². The summed E-state index contributed by atoms with van der Waals surface area (Å²) in [4.78, 5) is 26.1. The minimum Gasteiger partial charge on any atom is -0.475 e. The Kier molecular flexibility index (Phi) is 5.38. The van der Waals surface area contributed by atoms with Crippen molar-refractivity contribution in [1.29, 1.82) is 0 Å². The number of nitrogens with zero attached hydrogens (tertiary/aromatic N) is 1. The van der Waals surface area contributed by atoms with Gasteiger partial charge in [0.25, 0.3) is 11.5 Å². The number of ether oxygens (including phenoxy) is 1. The molecule has 0 spiro atoms. The predicted octanol–water partition coefficient (Wildman–Crippen LogP) is 4.23. The number of carbonyl (C=O) groups excluding carboxylic acids is 1. The molecule has 0 atom stereocenters. The Morgan fingerprint density at radius 2 is 1.96 bits per heavy atom. The van der Waals surface area contributed by atoms with Crippen LogP contribution in [0.15, 0.2) is 34.1 Å².